The van der Waals surface area contributed by atoms with Gasteiger partial charge in [0.1, 0.15) is 4.99 Å². The van der Waals surface area contributed by atoms with Gasteiger partial charge in [0, 0.05) is 6.20 Å². The summed E-state index contributed by atoms with van der Waals surface area (Å²) in [6, 6.07) is 0. The molecular weight excluding hydrogens is 82.1 g/mol. The number of rotatable bonds is 0. The minimum Gasteiger partial charge on any atom is -0.353 e. The summed E-state index contributed by atoms with van der Waals surface area (Å²) in [6.07, 6.45) is 3.65. The number of thiocarbonyl (C=S) groups is 1. The maximum Gasteiger partial charge on any atom is 0.104 e. The van der Waals surface area contributed by atoms with Crippen LogP contribution in [-0.4, -0.2) is 4.99 Å². The molecule has 0 saturated carbocycles. The lowest BCUT2D eigenvalue weighted by molar-refractivity contribution is 1.26. The highest BCUT2D eigenvalue weighted by Gasteiger charge is 1.90. The van der Waals surface area contributed by atoms with E-state index < -0.39 is 0 Å². The first-order valence-corrected chi connectivity index (χ1v) is 1.77. The normalized spacial score (nSPS) is 17.2. The third kappa shape index (κ3) is 0.304. The molecule has 1 aliphatic rings. The van der Waals surface area contributed by atoms with E-state index in [9.17, 15) is 0 Å². The second kappa shape index (κ2) is 0.792. The Hall–Kier alpha value is -0.370. The highest BCUT2D eigenvalue weighted by Crippen LogP contribution is 1.83. The van der Waals surface area contributed by atoms with E-state index in [2.05, 4.69) is 17.5 Å². The van der Waals surface area contributed by atoms with Crippen molar-refractivity contribution >= 4 is 17.2 Å². The summed E-state index contributed by atoms with van der Waals surface area (Å²) in [5, 5.41) is 2.76. The van der Waals surface area contributed by atoms with Gasteiger partial charge in [-0.1, -0.05) is 12.2 Å². The number of hydrogen-bond donors (Lipinski definition) is 1. The second-order valence-corrected chi connectivity index (χ2v) is 1.28. The van der Waals surface area contributed by atoms with Gasteiger partial charge in [0.15, 0.2) is 0 Å². The first-order valence-electron chi connectivity index (χ1n) is 1.36. The van der Waals surface area contributed by atoms with Gasteiger partial charge in [0.05, 0.1) is 0 Å². The lowest BCUT2D eigenvalue weighted by atomic mass is 10.5. The Balaban J connectivity index is 2.71. The van der Waals surface area contributed by atoms with Gasteiger partial charge in [-0.25, -0.2) is 0 Å². The van der Waals surface area contributed by atoms with E-state index >= 15 is 0 Å². The van der Waals surface area contributed by atoms with Gasteiger partial charge in [-0.05, 0) is 6.08 Å². The van der Waals surface area contributed by atoms with Crippen LogP contribution >= 0.6 is 12.2 Å². The third-order valence-electron chi connectivity index (χ3n) is 0.460. The van der Waals surface area contributed by atoms with Crippen LogP contribution in [0, 0.1) is 0 Å². The summed E-state index contributed by atoms with van der Waals surface area (Å²) in [5.74, 6) is 0. The molecule has 0 aromatic rings. The number of hydrogen-bond acceptors (Lipinski definition) is 1. The molecule has 2 heteroatoms. The van der Waals surface area contributed by atoms with Gasteiger partial charge in [0.2, 0.25) is 0 Å². The van der Waals surface area contributed by atoms with Gasteiger partial charge in [-0.2, -0.15) is 0 Å². The van der Waals surface area contributed by atoms with Crippen LogP contribution in [0.25, 0.3) is 0 Å². The minimum atomic E-state index is 0.838. The summed E-state index contributed by atoms with van der Waals surface area (Å²) < 4.78 is 0. The SMILES string of the molecule is S=C1C=CN1. The van der Waals surface area contributed by atoms with Crippen LogP contribution in [0.5, 0.6) is 0 Å². The highest BCUT2D eigenvalue weighted by atomic mass is 32.1. The Kier molecular flexibility index (Phi) is 0.451. The van der Waals surface area contributed by atoms with Gasteiger partial charge < -0.3 is 5.32 Å². The van der Waals surface area contributed by atoms with E-state index in [1.165, 1.54) is 0 Å². The molecular formula is C3H3NS. The molecule has 26 valence electrons. The van der Waals surface area contributed by atoms with Crippen molar-refractivity contribution < 1.29 is 0 Å². The van der Waals surface area contributed by atoms with E-state index in [0.717, 1.165) is 4.99 Å². The lowest BCUT2D eigenvalue weighted by Crippen LogP contribution is -2.20. The van der Waals surface area contributed by atoms with E-state index in [-0.39, 0.29) is 0 Å². The van der Waals surface area contributed by atoms with Gasteiger partial charge >= 0.3 is 0 Å². The highest BCUT2D eigenvalue weighted by molar-refractivity contribution is 7.80. The fourth-order valence-electron chi connectivity index (χ4n) is 0.151. The van der Waals surface area contributed by atoms with Crippen LogP contribution in [-0.2, 0) is 0 Å². The van der Waals surface area contributed by atoms with Crippen molar-refractivity contribution in [2.45, 2.75) is 0 Å². The van der Waals surface area contributed by atoms with Crippen LogP contribution in [0.2, 0.25) is 0 Å². The molecule has 0 aromatic heterocycles. The molecule has 0 spiro atoms. The van der Waals surface area contributed by atoms with E-state index in [4.69, 9.17) is 0 Å². The van der Waals surface area contributed by atoms with Gasteiger partial charge in [0.25, 0.3) is 0 Å². The van der Waals surface area contributed by atoms with Crippen molar-refractivity contribution in [2.24, 2.45) is 0 Å². The molecule has 0 atom stereocenters. The minimum absolute atomic E-state index is 0.838. The Labute approximate surface area is 35.7 Å². The molecule has 1 N–H and O–H groups in total. The van der Waals surface area contributed by atoms with Crippen molar-refractivity contribution in [1.29, 1.82) is 0 Å². The molecule has 1 aliphatic heterocycles. The first kappa shape index (κ1) is 2.85. The second-order valence-electron chi connectivity index (χ2n) is 0.842. The maximum absolute atomic E-state index is 4.59. The van der Waals surface area contributed by atoms with E-state index in [1.807, 2.05) is 12.3 Å². The maximum atomic E-state index is 4.59. The zero-order valence-electron chi connectivity index (χ0n) is 2.56. The quantitative estimate of drug-likeness (QED) is 0.428. The molecule has 0 aromatic carbocycles. The molecule has 0 radical (unpaired) electrons. The predicted molar refractivity (Wildman–Crippen MR) is 24.9 cm³/mol. The van der Waals surface area contributed by atoms with Gasteiger partial charge in [-0.3, -0.25) is 0 Å². The van der Waals surface area contributed by atoms with Crippen LogP contribution in [0.1, 0.15) is 0 Å². The molecule has 1 rings (SSSR count). The largest absolute Gasteiger partial charge is 0.353 e. The molecule has 0 saturated heterocycles. The Morgan fingerprint density at radius 3 is 2.20 bits per heavy atom. The van der Waals surface area contributed by atoms with Crippen molar-refractivity contribution in [3.63, 3.8) is 0 Å². The van der Waals surface area contributed by atoms with E-state index in [1.54, 1.807) is 0 Å². The molecule has 0 amide bonds. The molecule has 0 bridgehead atoms. The fourth-order valence-corrected chi connectivity index (χ4v) is 0.287. The van der Waals surface area contributed by atoms with Crippen molar-refractivity contribution in [2.75, 3.05) is 0 Å². The zero-order valence-corrected chi connectivity index (χ0v) is 3.38. The first-order chi connectivity index (χ1) is 2.39. The zero-order chi connectivity index (χ0) is 3.70. The number of nitrogens with one attached hydrogen (secondary N) is 1. The summed E-state index contributed by atoms with van der Waals surface area (Å²) in [5.41, 5.74) is 0. The standard InChI is InChI=1S/C3H3NS/c5-3-1-2-4-3/h1-2H,(H,4,5). The molecule has 0 fully saturated rings. The predicted octanol–water partition coefficient (Wildman–Crippen LogP) is 0.431. The van der Waals surface area contributed by atoms with Crippen molar-refractivity contribution in [1.82, 2.24) is 5.32 Å². The molecule has 0 aliphatic carbocycles. The smallest absolute Gasteiger partial charge is 0.104 e. The van der Waals surface area contributed by atoms with Crippen LogP contribution in [0.4, 0.5) is 0 Å². The lowest BCUT2D eigenvalue weighted by Gasteiger charge is -2.02. The molecule has 5 heavy (non-hydrogen) atoms. The summed E-state index contributed by atoms with van der Waals surface area (Å²) in [4.78, 5) is 0.838. The van der Waals surface area contributed by atoms with E-state index in [0.29, 0.717) is 0 Å². The monoisotopic (exact) mass is 85.0 g/mol. The Morgan fingerprint density at radius 1 is 1.80 bits per heavy atom. The third-order valence-corrected chi connectivity index (χ3v) is 0.714. The average Bonchev–Trinajstić information content (AvgIpc) is 1.30. The Morgan fingerprint density at radius 2 is 2.20 bits per heavy atom. The van der Waals surface area contributed by atoms with Crippen molar-refractivity contribution in [3.8, 4) is 0 Å². The topological polar surface area (TPSA) is 12.0 Å². The van der Waals surface area contributed by atoms with Gasteiger partial charge in [-0.15, -0.1) is 0 Å². The molecule has 0 unspecified atom stereocenters. The average molecular weight is 85.1 g/mol. The summed E-state index contributed by atoms with van der Waals surface area (Å²) in [6.45, 7) is 0. The Bertz CT molecular complexity index is 84.9. The fraction of sp³-hybridized carbons (Fsp3) is 0. The van der Waals surface area contributed by atoms with Crippen LogP contribution in [0.15, 0.2) is 12.3 Å². The summed E-state index contributed by atoms with van der Waals surface area (Å²) in [7, 11) is 0. The summed E-state index contributed by atoms with van der Waals surface area (Å²) >= 11 is 4.59. The van der Waals surface area contributed by atoms with Crippen molar-refractivity contribution in [3.05, 3.63) is 12.3 Å². The van der Waals surface area contributed by atoms with Crippen LogP contribution in [0.3, 0.4) is 0 Å². The van der Waals surface area contributed by atoms with Crippen LogP contribution < -0.4 is 5.32 Å². The molecule has 1 nitrogen and oxygen atoms in total. The molecule has 1 heterocycles.